The monoisotopic (exact) mass is 301 g/mol. The Kier molecular flexibility index (Phi) is 4.05. The number of carbonyl (C=O) groups is 2. The van der Waals surface area contributed by atoms with Crippen molar-refractivity contribution in [2.75, 3.05) is 19.6 Å². The van der Waals surface area contributed by atoms with Gasteiger partial charge < -0.3 is 15.5 Å². The molecular weight excluding hydrogens is 278 g/mol. The molecule has 3 amide bonds. The van der Waals surface area contributed by atoms with E-state index < -0.39 is 0 Å². The van der Waals surface area contributed by atoms with Gasteiger partial charge >= 0.3 is 6.03 Å². The molecule has 5 nitrogen and oxygen atoms in total. The van der Waals surface area contributed by atoms with Crippen LogP contribution < -0.4 is 10.6 Å². The lowest BCUT2D eigenvalue weighted by Crippen LogP contribution is -2.41. The number of hydrogen-bond donors (Lipinski definition) is 2. The molecule has 2 atom stereocenters. The second-order valence-electron chi connectivity index (χ2n) is 6.45. The molecule has 0 bridgehead atoms. The van der Waals surface area contributed by atoms with Crippen LogP contribution in [0.2, 0.25) is 0 Å². The molecule has 2 aliphatic heterocycles. The Morgan fingerprint density at radius 1 is 1.41 bits per heavy atom. The van der Waals surface area contributed by atoms with Gasteiger partial charge in [0.25, 0.3) is 0 Å². The Balaban J connectivity index is 1.61. The lowest BCUT2D eigenvalue weighted by Gasteiger charge is -2.25. The molecule has 2 aliphatic rings. The van der Waals surface area contributed by atoms with Crippen molar-refractivity contribution in [1.82, 2.24) is 15.5 Å². The second kappa shape index (κ2) is 5.99. The number of nitrogens with zero attached hydrogens (tertiary/aromatic N) is 1. The maximum absolute atomic E-state index is 12.5. The molecule has 1 aromatic rings. The smallest absolute Gasteiger partial charge is 0.317 e. The Morgan fingerprint density at radius 2 is 2.18 bits per heavy atom. The minimum absolute atomic E-state index is 0.0214. The van der Waals surface area contributed by atoms with Crippen molar-refractivity contribution in [3.63, 3.8) is 0 Å². The molecule has 0 aliphatic carbocycles. The number of nitrogens with one attached hydrogen (secondary N) is 2. The molecule has 118 valence electrons. The molecule has 2 heterocycles. The van der Waals surface area contributed by atoms with E-state index in [1.54, 1.807) is 0 Å². The number of benzene rings is 1. The van der Waals surface area contributed by atoms with Crippen LogP contribution in [0.1, 0.15) is 37.8 Å². The standard InChI is InChI=1S/C17H23N3O2/c1-2-14(13-6-4-3-5-7-13)19-16(22)20-9-8-17(12-20)10-15(21)18-11-17/h3-7,14H,2,8-12H2,1H3,(H,18,21)(H,19,22)/t14-,17?/m0/s1. The first-order valence-corrected chi connectivity index (χ1v) is 7.99. The fourth-order valence-electron chi connectivity index (χ4n) is 3.50. The minimum atomic E-state index is -0.0388. The highest BCUT2D eigenvalue weighted by Gasteiger charge is 2.45. The second-order valence-corrected chi connectivity index (χ2v) is 6.45. The van der Waals surface area contributed by atoms with Crippen LogP contribution in [0, 0.1) is 5.41 Å². The van der Waals surface area contributed by atoms with Gasteiger partial charge in [-0.2, -0.15) is 0 Å². The highest BCUT2D eigenvalue weighted by Crippen LogP contribution is 2.36. The van der Waals surface area contributed by atoms with Crippen molar-refractivity contribution in [2.24, 2.45) is 5.41 Å². The van der Waals surface area contributed by atoms with Gasteiger partial charge in [-0.3, -0.25) is 4.79 Å². The van der Waals surface area contributed by atoms with E-state index in [1.807, 2.05) is 35.2 Å². The SMILES string of the molecule is CC[C@H](NC(=O)N1CCC2(CNC(=O)C2)C1)c1ccccc1. The zero-order valence-corrected chi connectivity index (χ0v) is 13.0. The molecule has 1 aromatic carbocycles. The van der Waals surface area contributed by atoms with Crippen molar-refractivity contribution in [2.45, 2.75) is 32.2 Å². The first kappa shape index (κ1) is 14.9. The predicted octanol–water partition coefficient (Wildman–Crippen LogP) is 2.06. The van der Waals surface area contributed by atoms with Crippen molar-refractivity contribution in [3.8, 4) is 0 Å². The third kappa shape index (κ3) is 2.93. The van der Waals surface area contributed by atoms with E-state index in [9.17, 15) is 9.59 Å². The van der Waals surface area contributed by atoms with E-state index in [0.717, 1.165) is 24.9 Å². The summed E-state index contributed by atoms with van der Waals surface area (Å²) in [7, 11) is 0. The Hall–Kier alpha value is -2.04. The zero-order chi connectivity index (χ0) is 15.6. The summed E-state index contributed by atoms with van der Waals surface area (Å²) in [5.74, 6) is 0.109. The van der Waals surface area contributed by atoms with Crippen molar-refractivity contribution >= 4 is 11.9 Å². The van der Waals surface area contributed by atoms with Gasteiger partial charge in [-0.25, -0.2) is 4.79 Å². The summed E-state index contributed by atoms with van der Waals surface area (Å²) >= 11 is 0. The molecule has 22 heavy (non-hydrogen) atoms. The van der Waals surface area contributed by atoms with Gasteiger partial charge in [0, 0.05) is 31.5 Å². The number of hydrogen-bond acceptors (Lipinski definition) is 2. The molecule has 2 N–H and O–H groups in total. The van der Waals surface area contributed by atoms with Gasteiger partial charge in [-0.05, 0) is 18.4 Å². The number of rotatable bonds is 3. The van der Waals surface area contributed by atoms with Crippen molar-refractivity contribution < 1.29 is 9.59 Å². The molecule has 0 saturated carbocycles. The zero-order valence-electron chi connectivity index (χ0n) is 13.0. The van der Waals surface area contributed by atoms with Crippen molar-refractivity contribution in [1.29, 1.82) is 0 Å². The first-order valence-electron chi connectivity index (χ1n) is 7.99. The van der Waals surface area contributed by atoms with E-state index in [-0.39, 0.29) is 23.4 Å². The number of urea groups is 1. The van der Waals surface area contributed by atoms with E-state index in [0.29, 0.717) is 19.5 Å². The molecule has 2 saturated heterocycles. The summed E-state index contributed by atoms with van der Waals surface area (Å²) < 4.78 is 0. The van der Waals surface area contributed by atoms with E-state index >= 15 is 0 Å². The molecule has 0 radical (unpaired) electrons. The summed E-state index contributed by atoms with van der Waals surface area (Å²) in [6.07, 6.45) is 2.31. The van der Waals surface area contributed by atoms with Crippen LogP contribution >= 0.6 is 0 Å². The van der Waals surface area contributed by atoms with Gasteiger partial charge in [0.1, 0.15) is 0 Å². The topological polar surface area (TPSA) is 61.4 Å². The van der Waals surface area contributed by atoms with Crippen LogP contribution in [-0.4, -0.2) is 36.5 Å². The number of carbonyl (C=O) groups excluding carboxylic acids is 2. The van der Waals surface area contributed by atoms with Crippen LogP contribution in [0.25, 0.3) is 0 Å². The van der Waals surface area contributed by atoms with E-state index in [1.165, 1.54) is 0 Å². The summed E-state index contributed by atoms with van der Waals surface area (Å²) in [5, 5.41) is 6.02. The quantitative estimate of drug-likeness (QED) is 0.897. The van der Waals surface area contributed by atoms with Crippen LogP contribution in [0.15, 0.2) is 30.3 Å². The summed E-state index contributed by atoms with van der Waals surface area (Å²) in [6, 6.07) is 10.1. The van der Waals surface area contributed by atoms with Gasteiger partial charge in [-0.15, -0.1) is 0 Å². The molecule has 5 heteroatoms. The lowest BCUT2D eigenvalue weighted by atomic mass is 9.86. The lowest BCUT2D eigenvalue weighted by molar-refractivity contribution is -0.119. The first-order chi connectivity index (χ1) is 10.6. The third-order valence-electron chi connectivity index (χ3n) is 4.83. The third-order valence-corrected chi connectivity index (χ3v) is 4.83. The molecule has 3 rings (SSSR count). The number of amides is 3. The molecule has 2 fully saturated rings. The average molecular weight is 301 g/mol. The van der Waals surface area contributed by atoms with Crippen molar-refractivity contribution in [3.05, 3.63) is 35.9 Å². The fourth-order valence-corrected chi connectivity index (χ4v) is 3.50. The largest absolute Gasteiger partial charge is 0.355 e. The van der Waals surface area contributed by atoms with E-state index in [2.05, 4.69) is 17.6 Å². The fraction of sp³-hybridized carbons (Fsp3) is 0.529. The van der Waals surface area contributed by atoms with Crippen LogP contribution in [0.5, 0.6) is 0 Å². The maximum Gasteiger partial charge on any atom is 0.317 e. The average Bonchev–Trinajstić information content (AvgIpc) is 3.12. The van der Waals surface area contributed by atoms with Gasteiger partial charge in [0.15, 0.2) is 0 Å². The van der Waals surface area contributed by atoms with Gasteiger partial charge in [0.05, 0.1) is 6.04 Å². The Labute approximate surface area is 131 Å². The Morgan fingerprint density at radius 3 is 2.82 bits per heavy atom. The number of likely N-dealkylation sites (tertiary alicyclic amines) is 1. The normalized spacial score (nSPS) is 25.3. The van der Waals surface area contributed by atoms with Crippen LogP contribution in [0.4, 0.5) is 4.79 Å². The highest BCUT2D eigenvalue weighted by atomic mass is 16.2. The van der Waals surface area contributed by atoms with Gasteiger partial charge in [0.2, 0.25) is 5.91 Å². The van der Waals surface area contributed by atoms with Gasteiger partial charge in [-0.1, -0.05) is 37.3 Å². The van der Waals surface area contributed by atoms with Crippen LogP contribution in [0.3, 0.4) is 0 Å². The summed E-state index contributed by atoms with van der Waals surface area (Å²) in [6.45, 7) is 4.17. The minimum Gasteiger partial charge on any atom is -0.355 e. The van der Waals surface area contributed by atoms with E-state index in [4.69, 9.17) is 0 Å². The van der Waals surface area contributed by atoms with Crippen LogP contribution in [-0.2, 0) is 4.79 Å². The molecule has 1 spiro atoms. The summed E-state index contributed by atoms with van der Waals surface area (Å²) in [4.78, 5) is 25.8. The molecule has 0 aromatic heterocycles. The summed E-state index contributed by atoms with van der Waals surface area (Å²) in [5.41, 5.74) is 1.09. The molecule has 1 unspecified atom stereocenters. The highest BCUT2D eigenvalue weighted by molar-refractivity contribution is 5.80. The predicted molar refractivity (Wildman–Crippen MR) is 84.3 cm³/mol. The Bertz CT molecular complexity index is 560. The maximum atomic E-state index is 12.5. The molecular formula is C17H23N3O2.